The lowest BCUT2D eigenvalue weighted by molar-refractivity contribution is 0.198. The highest BCUT2D eigenvalue weighted by atomic mass is 32.2. The largest absolute Gasteiger partial charge is 0.389 e. The van der Waals surface area contributed by atoms with Gasteiger partial charge in [0.25, 0.3) is 0 Å². The summed E-state index contributed by atoms with van der Waals surface area (Å²) in [6.07, 6.45) is -0.716. The molecular weight excluding hydrogens is 254 g/mol. The number of hydrogen-bond acceptors (Lipinski definition) is 2. The van der Waals surface area contributed by atoms with E-state index in [1.807, 2.05) is 0 Å². The predicted molar refractivity (Wildman–Crippen MR) is 67.6 cm³/mol. The van der Waals surface area contributed by atoms with Crippen LogP contribution in [-0.4, -0.2) is 5.11 Å². The molecule has 0 fully saturated rings. The number of aliphatic hydroxyl groups is 1. The van der Waals surface area contributed by atoms with Crippen molar-refractivity contribution in [3.63, 3.8) is 0 Å². The summed E-state index contributed by atoms with van der Waals surface area (Å²) in [5, 5.41) is 9.34. The molecule has 1 N–H and O–H groups in total. The smallest absolute Gasteiger partial charge is 0.137 e. The Hall–Kier alpha value is -1.39. The molecule has 1 unspecified atom stereocenters. The summed E-state index contributed by atoms with van der Waals surface area (Å²) in [5.74, 6) is -0.830. The molecule has 94 valence electrons. The second kappa shape index (κ2) is 5.50. The molecule has 0 aliphatic carbocycles. The Morgan fingerprint density at radius 1 is 1.00 bits per heavy atom. The summed E-state index contributed by atoms with van der Waals surface area (Å²) < 4.78 is 27.2. The van der Waals surface area contributed by atoms with Crippen molar-refractivity contribution < 1.29 is 13.9 Å². The van der Waals surface area contributed by atoms with Crippen molar-refractivity contribution in [3.05, 3.63) is 59.7 Å². The Balaban J connectivity index is 2.28. The van der Waals surface area contributed by atoms with E-state index in [-0.39, 0.29) is 5.82 Å². The fourth-order valence-corrected chi connectivity index (χ4v) is 2.35. The quantitative estimate of drug-likeness (QED) is 0.899. The van der Waals surface area contributed by atoms with Crippen molar-refractivity contribution in [1.82, 2.24) is 0 Å². The van der Waals surface area contributed by atoms with Crippen molar-refractivity contribution in [2.45, 2.75) is 22.8 Å². The molecule has 0 aromatic heterocycles. The third-order valence-corrected chi connectivity index (χ3v) is 3.60. The van der Waals surface area contributed by atoms with Crippen LogP contribution in [0.1, 0.15) is 18.6 Å². The van der Waals surface area contributed by atoms with Crippen LogP contribution in [0.2, 0.25) is 0 Å². The third kappa shape index (κ3) is 2.89. The van der Waals surface area contributed by atoms with Gasteiger partial charge in [0.05, 0.1) is 6.10 Å². The molecule has 2 aromatic carbocycles. The number of rotatable bonds is 3. The van der Waals surface area contributed by atoms with Gasteiger partial charge in [0.2, 0.25) is 0 Å². The molecule has 1 atom stereocenters. The lowest BCUT2D eigenvalue weighted by atomic mass is 10.1. The fraction of sp³-hybridized carbons (Fsp3) is 0.143. The topological polar surface area (TPSA) is 20.2 Å². The van der Waals surface area contributed by atoms with Gasteiger partial charge >= 0.3 is 0 Å². The molecule has 1 nitrogen and oxygen atoms in total. The molecule has 0 radical (unpaired) electrons. The Morgan fingerprint density at radius 3 is 2.28 bits per heavy atom. The third-order valence-electron chi connectivity index (χ3n) is 2.49. The van der Waals surface area contributed by atoms with Crippen LogP contribution in [0.4, 0.5) is 8.78 Å². The minimum Gasteiger partial charge on any atom is -0.389 e. The van der Waals surface area contributed by atoms with Crippen LogP contribution >= 0.6 is 11.8 Å². The number of aliphatic hydroxyl groups excluding tert-OH is 1. The van der Waals surface area contributed by atoms with E-state index in [0.717, 1.165) is 11.8 Å². The Bertz CT molecular complexity index is 555. The molecule has 0 spiro atoms. The van der Waals surface area contributed by atoms with E-state index in [9.17, 15) is 13.9 Å². The summed E-state index contributed by atoms with van der Waals surface area (Å²) in [7, 11) is 0. The molecule has 0 amide bonds. The molecule has 0 saturated carbocycles. The van der Waals surface area contributed by atoms with Gasteiger partial charge in [0.15, 0.2) is 0 Å². The van der Waals surface area contributed by atoms with Crippen molar-refractivity contribution in [1.29, 1.82) is 0 Å². The first-order valence-corrected chi connectivity index (χ1v) is 6.29. The van der Waals surface area contributed by atoms with Crippen molar-refractivity contribution in [2.75, 3.05) is 0 Å². The minimum atomic E-state index is -0.716. The zero-order valence-electron chi connectivity index (χ0n) is 9.73. The van der Waals surface area contributed by atoms with Crippen LogP contribution in [-0.2, 0) is 0 Å². The SMILES string of the molecule is CC(O)c1ccc(Sc2ccccc2F)c(F)c1. The van der Waals surface area contributed by atoms with Gasteiger partial charge < -0.3 is 5.11 Å². The zero-order valence-corrected chi connectivity index (χ0v) is 10.5. The van der Waals surface area contributed by atoms with Crippen molar-refractivity contribution in [2.24, 2.45) is 0 Å². The van der Waals surface area contributed by atoms with E-state index in [2.05, 4.69) is 0 Å². The predicted octanol–water partition coefficient (Wildman–Crippen LogP) is 4.17. The van der Waals surface area contributed by atoms with Gasteiger partial charge in [-0.3, -0.25) is 0 Å². The summed E-state index contributed by atoms with van der Waals surface area (Å²) >= 11 is 1.03. The molecule has 0 aliphatic heterocycles. The molecule has 18 heavy (non-hydrogen) atoms. The maximum atomic E-state index is 13.8. The van der Waals surface area contributed by atoms with E-state index in [1.165, 1.54) is 12.1 Å². The van der Waals surface area contributed by atoms with Gasteiger partial charge in [0, 0.05) is 9.79 Å². The highest BCUT2D eigenvalue weighted by molar-refractivity contribution is 7.99. The average molecular weight is 266 g/mol. The normalized spacial score (nSPS) is 12.4. The van der Waals surface area contributed by atoms with Crippen LogP contribution in [0.25, 0.3) is 0 Å². The molecule has 4 heteroatoms. The molecular formula is C14H12F2OS. The Labute approximate surface area is 108 Å². The van der Waals surface area contributed by atoms with Crippen LogP contribution in [0.3, 0.4) is 0 Å². The molecule has 2 rings (SSSR count). The summed E-state index contributed by atoms with van der Waals surface area (Å²) in [6, 6.07) is 10.7. The van der Waals surface area contributed by atoms with Gasteiger partial charge in [0.1, 0.15) is 11.6 Å². The zero-order chi connectivity index (χ0) is 13.1. The second-order valence-corrected chi connectivity index (χ2v) is 4.98. The van der Waals surface area contributed by atoms with E-state index >= 15 is 0 Å². The maximum Gasteiger partial charge on any atom is 0.137 e. The number of halogens is 2. The highest BCUT2D eigenvalue weighted by Gasteiger charge is 2.10. The first-order chi connectivity index (χ1) is 8.58. The monoisotopic (exact) mass is 266 g/mol. The van der Waals surface area contributed by atoms with E-state index in [0.29, 0.717) is 15.4 Å². The van der Waals surface area contributed by atoms with Crippen LogP contribution in [0.5, 0.6) is 0 Å². The van der Waals surface area contributed by atoms with E-state index in [4.69, 9.17) is 0 Å². The summed E-state index contributed by atoms with van der Waals surface area (Å²) in [6.45, 7) is 1.57. The van der Waals surface area contributed by atoms with Crippen LogP contribution in [0, 0.1) is 11.6 Å². The fourth-order valence-electron chi connectivity index (χ4n) is 1.51. The molecule has 0 heterocycles. The van der Waals surface area contributed by atoms with E-state index in [1.54, 1.807) is 37.3 Å². The minimum absolute atomic E-state index is 0.338. The lowest BCUT2D eigenvalue weighted by Crippen LogP contribution is -1.93. The number of hydrogen-bond donors (Lipinski definition) is 1. The Kier molecular flexibility index (Phi) is 3.99. The first-order valence-electron chi connectivity index (χ1n) is 5.48. The maximum absolute atomic E-state index is 13.8. The number of benzene rings is 2. The molecule has 0 bridgehead atoms. The molecule has 2 aromatic rings. The summed E-state index contributed by atoms with van der Waals surface area (Å²) in [5.41, 5.74) is 0.505. The lowest BCUT2D eigenvalue weighted by Gasteiger charge is -2.08. The van der Waals surface area contributed by atoms with Gasteiger partial charge in [-0.15, -0.1) is 0 Å². The van der Waals surface area contributed by atoms with Gasteiger partial charge in [-0.05, 0) is 36.8 Å². The van der Waals surface area contributed by atoms with Gasteiger partial charge in [-0.25, -0.2) is 8.78 Å². The average Bonchev–Trinajstić information content (AvgIpc) is 2.34. The van der Waals surface area contributed by atoms with Gasteiger partial charge in [-0.2, -0.15) is 0 Å². The van der Waals surface area contributed by atoms with Crippen molar-refractivity contribution in [3.8, 4) is 0 Å². The van der Waals surface area contributed by atoms with Gasteiger partial charge in [-0.1, -0.05) is 30.0 Å². The second-order valence-electron chi connectivity index (χ2n) is 3.90. The van der Waals surface area contributed by atoms with Crippen molar-refractivity contribution >= 4 is 11.8 Å². The van der Waals surface area contributed by atoms with E-state index < -0.39 is 11.9 Å². The van der Waals surface area contributed by atoms with Crippen LogP contribution in [0.15, 0.2) is 52.3 Å². The Morgan fingerprint density at radius 2 is 1.67 bits per heavy atom. The molecule has 0 aliphatic rings. The van der Waals surface area contributed by atoms with Crippen LogP contribution < -0.4 is 0 Å². The summed E-state index contributed by atoms with van der Waals surface area (Å²) in [4.78, 5) is 0.714. The first kappa shape index (κ1) is 13.1. The highest BCUT2D eigenvalue weighted by Crippen LogP contribution is 2.32. The molecule has 0 saturated heterocycles. The standard InChI is InChI=1S/C14H12F2OS/c1-9(17)10-6-7-14(12(16)8-10)18-13-5-3-2-4-11(13)15/h2-9,17H,1H3.